The van der Waals surface area contributed by atoms with Gasteiger partial charge in [-0.3, -0.25) is 14.4 Å². The fourth-order valence-corrected chi connectivity index (χ4v) is 4.04. The van der Waals surface area contributed by atoms with Crippen molar-refractivity contribution < 1.29 is 19.5 Å². The third kappa shape index (κ3) is 23.8. The summed E-state index contributed by atoms with van der Waals surface area (Å²) >= 11 is 0. The monoisotopic (exact) mass is 481 g/mol. The molecule has 0 aromatic rings. The molecule has 1 amide bonds. The minimum atomic E-state index is -0.844. The van der Waals surface area contributed by atoms with Crippen LogP contribution in [0.15, 0.2) is 12.2 Å². The van der Waals surface area contributed by atoms with Crippen LogP contribution in [0.25, 0.3) is 0 Å². The number of rotatable bonds is 26. The molecule has 0 aliphatic heterocycles. The van der Waals surface area contributed by atoms with Crippen molar-refractivity contribution in [3.05, 3.63) is 12.2 Å². The van der Waals surface area contributed by atoms with Gasteiger partial charge >= 0.3 is 5.97 Å². The van der Waals surface area contributed by atoms with Gasteiger partial charge in [0.2, 0.25) is 0 Å². The number of hydrogen-bond acceptors (Lipinski definition) is 3. The number of allylic oxidation sites excluding steroid dienone is 1. The molecule has 0 aliphatic rings. The van der Waals surface area contributed by atoms with Crippen LogP contribution in [0.4, 0.5) is 0 Å². The largest absolute Gasteiger partial charge is 0.481 e. The zero-order chi connectivity index (χ0) is 25.1. The molecule has 1 N–H and O–H groups in total. The summed E-state index contributed by atoms with van der Waals surface area (Å²) in [6.45, 7) is 5.26. The molecule has 0 saturated heterocycles. The zero-order valence-corrected chi connectivity index (χ0v) is 22.5. The number of unbranched alkanes of at least 4 members (excludes halogenated alkanes) is 17. The Morgan fingerprint density at radius 2 is 1.15 bits per heavy atom. The SMILES string of the molecule is CCCCCCCCCCCCCCCCC=CC(=O)N(CCCC(=O)O)OCCCCCC. The predicted octanol–water partition coefficient (Wildman–Crippen LogP) is 8.62. The van der Waals surface area contributed by atoms with E-state index in [-0.39, 0.29) is 12.3 Å². The van der Waals surface area contributed by atoms with E-state index in [1.54, 1.807) is 6.08 Å². The molecule has 0 fully saturated rings. The lowest BCUT2D eigenvalue weighted by Crippen LogP contribution is -2.31. The van der Waals surface area contributed by atoms with Gasteiger partial charge in [0.25, 0.3) is 5.91 Å². The Bertz CT molecular complexity index is 493. The average Bonchev–Trinajstić information content (AvgIpc) is 2.82. The van der Waals surface area contributed by atoms with Crippen LogP contribution in [0.1, 0.15) is 149 Å². The summed E-state index contributed by atoms with van der Waals surface area (Å²) in [6.07, 6.45) is 28.0. The summed E-state index contributed by atoms with van der Waals surface area (Å²) in [7, 11) is 0. The molecule has 0 unspecified atom stereocenters. The number of carboxylic acids is 1. The van der Waals surface area contributed by atoms with Crippen molar-refractivity contribution >= 4 is 11.9 Å². The number of aliphatic carboxylic acids is 1. The third-order valence-electron chi connectivity index (χ3n) is 6.23. The van der Waals surface area contributed by atoms with Crippen LogP contribution in [0.3, 0.4) is 0 Å². The van der Waals surface area contributed by atoms with Gasteiger partial charge in [-0.2, -0.15) is 0 Å². The molecule has 0 aliphatic carbocycles. The van der Waals surface area contributed by atoms with E-state index in [0.717, 1.165) is 38.5 Å². The summed E-state index contributed by atoms with van der Waals surface area (Å²) in [6, 6.07) is 0. The van der Waals surface area contributed by atoms with Gasteiger partial charge in [-0.05, 0) is 25.7 Å². The molecule has 0 radical (unpaired) electrons. The van der Waals surface area contributed by atoms with Crippen LogP contribution in [0.2, 0.25) is 0 Å². The first-order valence-electron chi connectivity index (χ1n) is 14.4. The molecule has 0 heterocycles. The highest BCUT2D eigenvalue weighted by molar-refractivity contribution is 5.86. The molecule has 0 rings (SSSR count). The topological polar surface area (TPSA) is 66.8 Å². The second kappa shape index (κ2) is 26.2. The van der Waals surface area contributed by atoms with Gasteiger partial charge < -0.3 is 5.11 Å². The second-order valence-electron chi connectivity index (χ2n) is 9.62. The van der Waals surface area contributed by atoms with E-state index in [1.807, 2.05) is 6.08 Å². The fraction of sp³-hybridized carbons (Fsp3) is 0.862. The zero-order valence-electron chi connectivity index (χ0n) is 22.5. The number of carboxylic acid groups (broad SMARTS) is 1. The van der Waals surface area contributed by atoms with Crippen molar-refractivity contribution in [3.63, 3.8) is 0 Å². The first-order valence-corrected chi connectivity index (χ1v) is 14.4. The van der Waals surface area contributed by atoms with Crippen LogP contribution in [0.5, 0.6) is 0 Å². The Hall–Kier alpha value is -1.36. The number of nitrogens with zero attached hydrogens (tertiary/aromatic N) is 1. The van der Waals surface area contributed by atoms with E-state index in [9.17, 15) is 9.59 Å². The summed E-state index contributed by atoms with van der Waals surface area (Å²) in [4.78, 5) is 28.9. The molecule has 0 aromatic carbocycles. The lowest BCUT2D eigenvalue weighted by Gasteiger charge is -2.20. The van der Waals surface area contributed by atoms with Gasteiger partial charge in [0.1, 0.15) is 0 Å². The molecule has 200 valence electrons. The van der Waals surface area contributed by atoms with Gasteiger partial charge in [0, 0.05) is 19.0 Å². The van der Waals surface area contributed by atoms with Gasteiger partial charge in [0.05, 0.1) is 6.61 Å². The standard InChI is InChI=1S/C29H55NO4/c1-3-5-7-9-10-11-12-13-14-15-16-17-18-19-20-21-24-28(31)30(26-23-25-29(32)33)34-27-22-8-6-4-2/h21,24H,3-20,22-23,25-27H2,1-2H3,(H,32,33). The smallest absolute Gasteiger partial charge is 0.303 e. The quantitative estimate of drug-likeness (QED) is 0.0762. The molecule has 0 aromatic heterocycles. The summed E-state index contributed by atoms with van der Waals surface area (Å²) in [5.74, 6) is -1.02. The summed E-state index contributed by atoms with van der Waals surface area (Å²) < 4.78 is 0. The highest BCUT2D eigenvalue weighted by Crippen LogP contribution is 2.13. The lowest BCUT2D eigenvalue weighted by molar-refractivity contribution is -0.182. The van der Waals surface area contributed by atoms with E-state index in [2.05, 4.69) is 13.8 Å². The first kappa shape index (κ1) is 32.6. The molecule has 5 heteroatoms. The minimum absolute atomic E-state index is 0.0474. The van der Waals surface area contributed by atoms with Crippen molar-refractivity contribution in [2.24, 2.45) is 0 Å². The van der Waals surface area contributed by atoms with Crippen molar-refractivity contribution in [1.82, 2.24) is 5.06 Å². The Balaban J connectivity index is 3.79. The van der Waals surface area contributed by atoms with Crippen LogP contribution in [0, 0.1) is 0 Å². The van der Waals surface area contributed by atoms with E-state index in [1.165, 1.54) is 88.5 Å². The highest BCUT2D eigenvalue weighted by Gasteiger charge is 2.12. The minimum Gasteiger partial charge on any atom is -0.481 e. The molecule has 0 saturated carbocycles. The van der Waals surface area contributed by atoms with E-state index in [4.69, 9.17) is 9.94 Å². The number of hydroxylamine groups is 2. The van der Waals surface area contributed by atoms with E-state index >= 15 is 0 Å². The van der Waals surface area contributed by atoms with Crippen molar-refractivity contribution in [2.45, 2.75) is 149 Å². The maximum Gasteiger partial charge on any atom is 0.303 e. The van der Waals surface area contributed by atoms with Crippen molar-refractivity contribution in [3.8, 4) is 0 Å². The number of amides is 1. The van der Waals surface area contributed by atoms with Crippen molar-refractivity contribution in [1.29, 1.82) is 0 Å². The normalized spacial score (nSPS) is 11.4. The van der Waals surface area contributed by atoms with Crippen molar-refractivity contribution in [2.75, 3.05) is 13.2 Å². The van der Waals surface area contributed by atoms with E-state index < -0.39 is 5.97 Å². The van der Waals surface area contributed by atoms with Gasteiger partial charge in [0.15, 0.2) is 0 Å². The van der Waals surface area contributed by atoms with Gasteiger partial charge in [-0.1, -0.05) is 123 Å². The van der Waals surface area contributed by atoms with Crippen LogP contribution in [-0.4, -0.2) is 35.2 Å². The fourth-order valence-electron chi connectivity index (χ4n) is 4.04. The number of carbonyl (C=O) groups is 2. The Labute approximate surface area is 210 Å². The van der Waals surface area contributed by atoms with Gasteiger partial charge in [-0.25, -0.2) is 5.06 Å². The average molecular weight is 482 g/mol. The molecular formula is C29H55NO4. The predicted molar refractivity (Wildman–Crippen MR) is 143 cm³/mol. The molecule has 5 nitrogen and oxygen atoms in total. The molecule has 0 bridgehead atoms. The Morgan fingerprint density at radius 1 is 0.676 bits per heavy atom. The molecule has 0 atom stereocenters. The number of hydrogen-bond donors (Lipinski definition) is 1. The first-order chi connectivity index (χ1) is 16.6. The molecule has 0 spiro atoms. The van der Waals surface area contributed by atoms with E-state index in [0.29, 0.717) is 19.6 Å². The highest BCUT2D eigenvalue weighted by atomic mass is 16.7. The van der Waals surface area contributed by atoms with Gasteiger partial charge in [-0.15, -0.1) is 0 Å². The van der Waals surface area contributed by atoms with Crippen LogP contribution in [-0.2, 0) is 14.4 Å². The lowest BCUT2D eigenvalue weighted by atomic mass is 10.0. The number of carbonyl (C=O) groups excluding carboxylic acids is 1. The Morgan fingerprint density at radius 3 is 1.65 bits per heavy atom. The van der Waals surface area contributed by atoms with Crippen LogP contribution < -0.4 is 0 Å². The summed E-state index contributed by atoms with van der Waals surface area (Å²) in [5, 5.41) is 10.2. The summed E-state index contributed by atoms with van der Waals surface area (Å²) in [5.41, 5.74) is 0. The van der Waals surface area contributed by atoms with Crippen LogP contribution >= 0.6 is 0 Å². The molecule has 34 heavy (non-hydrogen) atoms. The third-order valence-corrected chi connectivity index (χ3v) is 6.23. The molecular weight excluding hydrogens is 426 g/mol. The maximum atomic E-state index is 12.5. The Kier molecular flexibility index (Phi) is 25.2. The second-order valence-corrected chi connectivity index (χ2v) is 9.62. The maximum absolute atomic E-state index is 12.5.